The van der Waals surface area contributed by atoms with Crippen molar-refractivity contribution in [1.29, 1.82) is 0 Å². The summed E-state index contributed by atoms with van der Waals surface area (Å²) >= 11 is 0. The van der Waals surface area contributed by atoms with E-state index in [1.54, 1.807) is 13.2 Å². The predicted octanol–water partition coefficient (Wildman–Crippen LogP) is 3.04. The second kappa shape index (κ2) is 6.42. The van der Waals surface area contributed by atoms with E-state index in [1.165, 1.54) is 0 Å². The third-order valence-electron chi connectivity index (χ3n) is 5.34. The Hall–Kier alpha value is -2.80. The van der Waals surface area contributed by atoms with Gasteiger partial charge in [0.15, 0.2) is 23.0 Å². The van der Waals surface area contributed by atoms with Gasteiger partial charge in [-0.2, -0.15) is 0 Å². The summed E-state index contributed by atoms with van der Waals surface area (Å²) in [4.78, 5) is 2.34. The van der Waals surface area contributed by atoms with Gasteiger partial charge in [0.25, 0.3) is 0 Å². The van der Waals surface area contributed by atoms with E-state index in [-0.39, 0.29) is 25.4 Å². The fraction of sp³-hybridized carbons (Fsp3) is 0.400. The molecule has 3 heterocycles. The molecule has 0 unspecified atom stereocenters. The first-order chi connectivity index (χ1) is 13.2. The lowest BCUT2D eigenvalue weighted by molar-refractivity contribution is 0.173. The van der Waals surface area contributed by atoms with Crippen molar-refractivity contribution in [2.75, 3.05) is 33.8 Å². The standard InChI is InChI=1S/C20H21NO6/c1-23-15-9-19-17(25-11-27-19)7-13(15)20(21-4-2-3-5-21)12-6-16-18(8-14(12)22)26-10-24-16/h6-9,20,22H,2-5,10-11H2,1H3/t20-/m0/s1. The summed E-state index contributed by atoms with van der Waals surface area (Å²) in [5.74, 6) is 3.45. The minimum absolute atomic E-state index is 0.167. The number of phenols is 1. The Morgan fingerprint density at radius 1 is 0.852 bits per heavy atom. The number of hydrogen-bond acceptors (Lipinski definition) is 7. The number of methoxy groups -OCH3 is 1. The normalized spacial score (nSPS) is 18.7. The number of benzene rings is 2. The lowest BCUT2D eigenvalue weighted by atomic mass is 9.94. The van der Waals surface area contributed by atoms with Crippen LogP contribution in [0.15, 0.2) is 24.3 Å². The van der Waals surface area contributed by atoms with Crippen LogP contribution in [-0.4, -0.2) is 43.8 Å². The smallest absolute Gasteiger partial charge is 0.231 e. The Kier molecular flexibility index (Phi) is 3.89. The predicted molar refractivity (Wildman–Crippen MR) is 96.0 cm³/mol. The fourth-order valence-electron chi connectivity index (χ4n) is 4.06. The molecular weight excluding hydrogens is 350 g/mol. The van der Waals surface area contributed by atoms with Gasteiger partial charge < -0.3 is 28.8 Å². The molecule has 1 fully saturated rings. The Morgan fingerprint density at radius 3 is 2.04 bits per heavy atom. The third-order valence-corrected chi connectivity index (χ3v) is 5.34. The van der Waals surface area contributed by atoms with Crippen LogP contribution < -0.4 is 23.7 Å². The van der Waals surface area contributed by atoms with Crippen molar-refractivity contribution in [2.45, 2.75) is 18.9 Å². The minimum Gasteiger partial charge on any atom is -0.507 e. The van der Waals surface area contributed by atoms with Gasteiger partial charge in [0.1, 0.15) is 11.5 Å². The van der Waals surface area contributed by atoms with Gasteiger partial charge in [0.05, 0.1) is 13.2 Å². The number of hydrogen-bond donors (Lipinski definition) is 1. The van der Waals surface area contributed by atoms with Crippen LogP contribution in [-0.2, 0) is 0 Å². The highest BCUT2D eigenvalue weighted by atomic mass is 16.7. The molecule has 0 saturated carbocycles. The summed E-state index contributed by atoms with van der Waals surface area (Å²) in [5, 5.41) is 10.8. The zero-order valence-corrected chi connectivity index (χ0v) is 15.1. The third kappa shape index (κ3) is 2.70. The summed E-state index contributed by atoms with van der Waals surface area (Å²) in [6, 6.07) is 7.11. The molecule has 27 heavy (non-hydrogen) atoms. The van der Waals surface area contributed by atoms with Crippen molar-refractivity contribution in [1.82, 2.24) is 4.90 Å². The molecule has 142 valence electrons. The fourth-order valence-corrected chi connectivity index (χ4v) is 4.06. The lowest BCUT2D eigenvalue weighted by Gasteiger charge is -2.30. The molecule has 0 bridgehead atoms. The number of aromatic hydroxyl groups is 1. The van der Waals surface area contributed by atoms with E-state index >= 15 is 0 Å². The summed E-state index contributed by atoms with van der Waals surface area (Å²) in [7, 11) is 1.64. The highest BCUT2D eigenvalue weighted by Crippen LogP contribution is 2.48. The molecule has 0 aliphatic carbocycles. The van der Waals surface area contributed by atoms with Gasteiger partial charge in [-0.3, -0.25) is 4.90 Å². The Bertz CT molecular complexity index is 877. The van der Waals surface area contributed by atoms with E-state index in [1.807, 2.05) is 18.2 Å². The second-order valence-electron chi connectivity index (χ2n) is 6.86. The summed E-state index contributed by atoms with van der Waals surface area (Å²) < 4.78 is 27.7. The average Bonchev–Trinajstić information content (AvgIpc) is 3.42. The summed E-state index contributed by atoms with van der Waals surface area (Å²) in [6.45, 7) is 2.25. The van der Waals surface area contributed by atoms with Gasteiger partial charge >= 0.3 is 0 Å². The minimum atomic E-state index is -0.188. The summed E-state index contributed by atoms with van der Waals surface area (Å²) in [5.41, 5.74) is 1.69. The van der Waals surface area contributed by atoms with E-state index in [4.69, 9.17) is 23.7 Å². The summed E-state index contributed by atoms with van der Waals surface area (Å²) in [6.07, 6.45) is 2.24. The van der Waals surface area contributed by atoms with Crippen molar-refractivity contribution in [3.8, 4) is 34.5 Å². The number of nitrogens with zero attached hydrogens (tertiary/aromatic N) is 1. The van der Waals surface area contributed by atoms with E-state index < -0.39 is 0 Å². The molecular formula is C20H21NO6. The van der Waals surface area contributed by atoms with Crippen LogP contribution in [0.4, 0.5) is 0 Å². The monoisotopic (exact) mass is 371 g/mol. The van der Waals surface area contributed by atoms with Crippen LogP contribution in [0.5, 0.6) is 34.5 Å². The topological polar surface area (TPSA) is 69.6 Å². The van der Waals surface area contributed by atoms with Gasteiger partial charge in [-0.25, -0.2) is 0 Å². The molecule has 1 saturated heterocycles. The molecule has 0 spiro atoms. The van der Waals surface area contributed by atoms with E-state index in [2.05, 4.69) is 4.90 Å². The zero-order valence-electron chi connectivity index (χ0n) is 15.1. The molecule has 2 aromatic carbocycles. The largest absolute Gasteiger partial charge is 0.507 e. The maximum absolute atomic E-state index is 10.8. The van der Waals surface area contributed by atoms with Crippen LogP contribution in [0.3, 0.4) is 0 Å². The van der Waals surface area contributed by atoms with E-state index in [9.17, 15) is 5.11 Å². The average molecular weight is 371 g/mol. The maximum atomic E-state index is 10.8. The first-order valence-electron chi connectivity index (χ1n) is 9.08. The Balaban J connectivity index is 1.67. The molecule has 7 nitrogen and oxygen atoms in total. The number of rotatable bonds is 4. The first-order valence-corrected chi connectivity index (χ1v) is 9.08. The van der Waals surface area contributed by atoms with Gasteiger partial charge in [0, 0.05) is 23.3 Å². The first kappa shape index (κ1) is 16.4. The highest BCUT2D eigenvalue weighted by molar-refractivity contribution is 5.59. The van der Waals surface area contributed by atoms with Gasteiger partial charge in [-0.1, -0.05) is 0 Å². The Morgan fingerprint density at radius 2 is 1.41 bits per heavy atom. The number of fused-ring (bicyclic) bond motifs is 2. The molecule has 7 heteroatoms. The SMILES string of the molecule is COc1cc2c(cc1[C@H](c1cc3c(cc1O)OCO3)N1CCCC1)OCO2. The molecule has 0 aromatic heterocycles. The molecule has 1 N–H and O–H groups in total. The number of phenolic OH excluding ortho intramolecular Hbond substituents is 1. The zero-order chi connectivity index (χ0) is 18.4. The maximum Gasteiger partial charge on any atom is 0.231 e. The molecule has 2 aromatic rings. The molecule has 0 radical (unpaired) electrons. The van der Waals surface area contributed by atoms with Crippen LogP contribution in [0, 0.1) is 0 Å². The van der Waals surface area contributed by atoms with Gasteiger partial charge in [0.2, 0.25) is 13.6 Å². The number of ether oxygens (including phenoxy) is 5. The Labute approximate surface area is 157 Å². The quantitative estimate of drug-likeness (QED) is 0.886. The molecule has 0 amide bonds. The van der Waals surface area contributed by atoms with Crippen LogP contribution >= 0.6 is 0 Å². The van der Waals surface area contributed by atoms with E-state index in [0.717, 1.165) is 37.1 Å². The van der Waals surface area contributed by atoms with Crippen LogP contribution in [0.25, 0.3) is 0 Å². The van der Waals surface area contributed by atoms with Crippen molar-refractivity contribution in [2.24, 2.45) is 0 Å². The van der Waals surface area contributed by atoms with E-state index in [0.29, 0.717) is 28.7 Å². The van der Waals surface area contributed by atoms with Crippen molar-refractivity contribution in [3.05, 3.63) is 35.4 Å². The van der Waals surface area contributed by atoms with Gasteiger partial charge in [-0.15, -0.1) is 0 Å². The van der Waals surface area contributed by atoms with Crippen LogP contribution in [0.2, 0.25) is 0 Å². The number of likely N-dealkylation sites (tertiary alicyclic amines) is 1. The molecule has 3 aliphatic heterocycles. The van der Waals surface area contributed by atoms with Crippen molar-refractivity contribution < 1.29 is 28.8 Å². The van der Waals surface area contributed by atoms with Crippen molar-refractivity contribution in [3.63, 3.8) is 0 Å². The van der Waals surface area contributed by atoms with Crippen LogP contribution in [0.1, 0.15) is 30.0 Å². The molecule has 3 aliphatic rings. The van der Waals surface area contributed by atoms with Gasteiger partial charge in [-0.05, 0) is 38.1 Å². The molecule has 1 atom stereocenters. The van der Waals surface area contributed by atoms with Crippen molar-refractivity contribution >= 4 is 0 Å². The lowest BCUT2D eigenvalue weighted by Crippen LogP contribution is -2.27. The second-order valence-corrected chi connectivity index (χ2v) is 6.86. The highest BCUT2D eigenvalue weighted by Gasteiger charge is 2.33. The molecule has 5 rings (SSSR count).